The minimum absolute atomic E-state index is 3.66. The van der Waals surface area contributed by atoms with Crippen LogP contribution in [0.25, 0.3) is 0 Å². The second kappa shape index (κ2) is 1.61. The zero-order valence-corrected chi connectivity index (χ0v) is 4.25. The molecule has 6 heteroatoms. The largest absolute Gasteiger partial charge is 0.497 e. The van der Waals surface area contributed by atoms with E-state index in [0.717, 1.165) is 0 Å². The van der Waals surface area contributed by atoms with Gasteiger partial charge in [0, 0.05) is 0 Å². The van der Waals surface area contributed by atoms with Crippen molar-refractivity contribution in [3.8, 4) is 0 Å². The number of sulfone groups is 1. The summed E-state index contributed by atoms with van der Waals surface area (Å²) in [6, 6.07) is 0. The minimum Gasteiger partial charge on any atom is -0.219 e. The van der Waals surface area contributed by atoms with Gasteiger partial charge in [0.15, 0.2) is 0 Å². The molecule has 0 heterocycles. The van der Waals surface area contributed by atoms with Gasteiger partial charge in [-0.2, -0.15) is 13.2 Å². The molecule has 0 rings (SSSR count). The highest BCUT2D eigenvalue weighted by molar-refractivity contribution is 7.93. The van der Waals surface area contributed by atoms with Crippen molar-refractivity contribution in [1.29, 1.82) is 0 Å². The lowest BCUT2D eigenvalue weighted by Crippen LogP contribution is -2.19. The molecule has 0 saturated carbocycles. The first kappa shape index (κ1) is 7.74. The average molecular weight is 146 g/mol. The van der Waals surface area contributed by atoms with E-state index >= 15 is 0 Å². The van der Waals surface area contributed by atoms with Crippen LogP contribution in [-0.2, 0) is 9.84 Å². The molecule has 0 aliphatic rings. The van der Waals surface area contributed by atoms with Crippen molar-refractivity contribution >= 4 is 9.84 Å². The molecule has 2 radical (unpaired) electrons. The maximum atomic E-state index is 10.8. The molecule has 0 saturated heterocycles. The van der Waals surface area contributed by atoms with Gasteiger partial charge in [0.25, 0.3) is 9.84 Å². The highest BCUT2D eigenvalue weighted by Crippen LogP contribution is 2.21. The van der Waals surface area contributed by atoms with E-state index in [1.165, 1.54) is 0 Å². The Labute approximate surface area is 44.2 Å². The average Bonchev–Trinajstić information content (AvgIpc) is 1.25. The van der Waals surface area contributed by atoms with Crippen LogP contribution in [0.5, 0.6) is 0 Å². The summed E-state index contributed by atoms with van der Waals surface area (Å²) in [5.74, 6) is 0. The van der Waals surface area contributed by atoms with Gasteiger partial charge in [-0.25, -0.2) is 8.42 Å². The zero-order chi connectivity index (χ0) is 7.00. The fourth-order valence-corrected chi connectivity index (χ4v) is 0. The van der Waals surface area contributed by atoms with Crippen molar-refractivity contribution in [1.82, 2.24) is 0 Å². The molecule has 0 aromatic carbocycles. The SMILES string of the molecule is [CH]S(=O)(=O)C(F)(F)F. The van der Waals surface area contributed by atoms with Gasteiger partial charge in [0.2, 0.25) is 0 Å². The van der Waals surface area contributed by atoms with Crippen LogP contribution in [-0.4, -0.2) is 13.9 Å². The first-order chi connectivity index (χ1) is 3.25. The van der Waals surface area contributed by atoms with Crippen LogP contribution in [0.3, 0.4) is 0 Å². The Balaban J connectivity index is 4.53. The van der Waals surface area contributed by atoms with Crippen molar-refractivity contribution in [2.75, 3.05) is 0 Å². The van der Waals surface area contributed by atoms with Gasteiger partial charge in [-0.3, -0.25) is 0 Å². The van der Waals surface area contributed by atoms with E-state index in [1.54, 1.807) is 0 Å². The quantitative estimate of drug-likeness (QED) is 0.501. The Bertz CT molecular complexity index is 164. The standard InChI is InChI=1S/C2HF3O2S/c1-8(6,7)2(3,4)5/h1H. The summed E-state index contributed by atoms with van der Waals surface area (Å²) in [6.07, 6.45) is 3.66. The highest BCUT2D eigenvalue weighted by atomic mass is 32.2. The van der Waals surface area contributed by atoms with Gasteiger partial charge in [-0.15, -0.1) is 0 Å². The first-order valence-electron chi connectivity index (χ1n) is 1.34. The van der Waals surface area contributed by atoms with E-state index in [4.69, 9.17) is 0 Å². The smallest absolute Gasteiger partial charge is 0.219 e. The number of hydrogen-bond donors (Lipinski definition) is 0. The summed E-state index contributed by atoms with van der Waals surface area (Å²) in [6.45, 7) is 0. The van der Waals surface area contributed by atoms with Crippen LogP contribution in [0.2, 0.25) is 0 Å². The molecule has 0 aliphatic carbocycles. The first-order valence-corrected chi connectivity index (χ1v) is 2.89. The van der Waals surface area contributed by atoms with E-state index in [9.17, 15) is 21.6 Å². The van der Waals surface area contributed by atoms with Crippen molar-refractivity contribution in [3.05, 3.63) is 6.26 Å². The maximum Gasteiger partial charge on any atom is 0.497 e. The minimum atomic E-state index is -5.34. The fourth-order valence-electron chi connectivity index (χ4n) is 0. The Hall–Kier alpha value is -0.260. The monoisotopic (exact) mass is 146 g/mol. The van der Waals surface area contributed by atoms with Crippen molar-refractivity contribution in [2.24, 2.45) is 0 Å². The molecule has 2 nitrogen and oxygen atoms in total. The van der Waals surface area contributed by atoms with Gasteiger partial charge >= 0.3 is 5.51 Å². The summed E-state index contributed by atoms with van der Waals surface area (Å²) in [7, 11) is -5.34. The Morgan fingerprint density at radius 1 is 1.25 bits per heavy atom. The molecule has 48 valence electrons. The van der Waals surface area contributed by atoms with Crippen molar-refractivity contribution in [2.45, 2.75) is 5.51 Å². The van der Waals surface area contributed by atoms with Crippen LogP contribution < -0.4 is 0 Å². The lowest BCUT2D eigenvalue weighted by molar-refractivity contribution is -0.0424. The zero-order valence-electron chi connectivity index (χ0n) is 3.44. The summed E-state index contributed by atoms with van der Waals surface area (Å²) >= 11 is 0. The third kappa shape index (κ3) is 1.69. The number of alkyl halides is 3. The number of rotatable bonds is 0. The Morgan fingerprint density at radius 3 is 1.38 bits per heavy atom. The van der Waals surface area contributed by atoms with Crippen LogP contribution in [0.1, 0.15) is 0 Å². The molecule has 0 aromatic rings. The van der Waals surface area contributed by atoms with E-state index in [2.05, 4.69) is 6.26 Å². The topological polar surface area (TPSA) is 34.1 Å². The van der Waals surface area contributed by atoms with E-state index in [1.807, 2.05) is 0 Å². The molecule has 0 aliphatic heterocycles. The van der Waals surface area contributed by atoms with Crippen LogP contribution in [0, 0.1) is 6.26 Å². The summed E-state index contributed by atoms with van der Waals surface area (Å²) < 4.78 is 51.2. The third-order valence-corrected chi connectivity index (χ3v) is 0.968. The number of halogens is 3. The summed E-state index contributed by atoms with van der Waals surface area (Å²) in [4.78, 5) is 0. The molecular weight excluding hydrogens is 145 g/mol. The molecule has 0 unspecified atom stereocenters. The lowest BCUT2D eigenvalue weighted by Gasteiger charge is -1.98. The predicted molar refractivity (Wildman–Crippen MR) is 19.3 cm³/mol. The molecule has 0 N–H and O–H groups in total. The van der Waals surface area contributed by atoms with Crippen molar-refractivity contribution in [3.63, 3.8) is 0 Å². The molecule has 0 bridgehead atoms. The molecular formula is C2HF3O2S. The second-order valence-electron chi connectivity index (χ2n) is 0.991. The van der Waals surface area contributed by atoms with Crippen LogP contribution >= 0.6 is 0 Å². The fraction of sp³-hybridized carbons (Fsp3) is 0.500. The molecule has 0 fully saturated rings. The molecule has 0 aromatic heterocycles. The number of hydrogen-bond acceptors (Lipinski definition) is 2. The van der Waals surface area contributed by atoms with Crippen molar-refractivity contribution < 1.29 is 21.6 Å². The van der Waals surface area contributed by atoms with Gasteiger partial charge in [-0.05, 0) is 0 Å². The van der Waals surface area contributed by atoms with E-state index < -0.39 is 15.3 Å². The second-order valence-corrected chi connectivity index (χ2v) is 2.54. The van der Waals surface area contributed by atoms with Crippen LogP contribution in [0.4, 0.5) is 13.2 Å². The third-order valence-electron chi connectivity index (χ3n) is 0.323. The van der Waals surface area contributed by atoms with Gasteiger partial charge in [0.05, 0.1) is 0 Å². The molecule has 0 spiro atoms. The lowest BCUT2D eigenvalue weighted by atomic mass is 11.6. The van der Waals surface area contributed by atoms with Gasteiger partial charge in [-0.1, -0.05) is 0 Å². The van der Waals surface area contributed by atoms with Gasteiger partial charge in [0.1, 0.15) is 6.26 Å². The molecule has 0 amide bonds. The Kier molecular flexibility index (Phi) is 1.56. The predicted octanol–water partition coefficient (Wildman–Crippen LogP) is 0.590. The van der Waals surface area contributed by atoms with Crippen LogP contribution in [0.15, 0.2) is 0 Å². The summed E-state index contributed by atoms with van der Waals surface area (Å²) in [5.41, 5.74) is -5.31. The van der Waals surface area contributed by atoms with E-state index in [0.29, 0.717) is 0 Å². The van der Waals surface area contributed by atoms with Gasteiger partial charge < -0.3 is 0 Å². The molecule has 0 atom stereocenters. The highest BCUT2D eigenvalue weighted by Gasteiger charge is 2.41. The molecule has 8 heavy (non-hydrogen) atoms. The summed E-state index contributed by atoms with van der Waals surface area (Å²) in [5, 5.41) is 0. The normalized spacial score (nSPS) is 14.0. The van der Waals surface area contributed by atoms with E-state index in [-0.39, 0.29) is 0 Å². The maximum absolute atomic E-state index is 10.8. The Morgan fingerprint density at radius 2 is 1.38 bits per heavy atom.